The second-order valence-electron chi connectivity index (χ2n) is 4.05. The van der Waals surface area contributed by atoms with Gasteiger partial charge in [-0.1, -0.05) is 60.3 Å². The van der Waals surface area contributed by atoms with Gasteiger partial charge in [0.2, 0.25) is 6.19 Å². The van der Waals surface area contributed by atoms with Crippen LogP contribution in [0.3, 0.4) is 0 Å². The van der Waals surface area contributed by atoms with E-state index >= 15 is 0 Å². The average Bonchev–Trinajstić information content (AvgIpc) is 2.49. The van der Waals surface area contributed by atoms with E-state index in [4.69, 9.17) is 5.26 Å². The number of thioether (sulfide) groups is 2. The van der Waals surface area contributed by atoms with Crippen molar-refractivity contribution in [2.24, 2.45) is 4.99 Å². The topological polar surface area (TPSA) is 36.1 Å². The van der Waals surface area contributed by atoms with Crippen molar-refractivity contribution in [1.82, 2.24) is 0 Å². The molecule has 0 radical (unpaired) electrons. The van der Waals surface area contributed by atoms with Crippen molar-refractivity contribution in [2.75, 3.05) is 6.26 Å². The molecule has 20 heavy (non-hydrogen) atoms. The van der Waals surface area contributed by atoms with Crippen LogP contribution in [-0.2, 0) is 6.42 Å². The summed E-state index contributed by atoms with van der Waals surface area (Å²) in [5.74, 6) is 0. The highest BCUT2D eigenvalue weighted by Gasteiger charge is 2.07. The summed E-state index contributed by atoms with van der Waals surface area (Å²) in [4.78, 5) is 4.99. The quantitative estimate of drug-likeness (QED) is 0.360. The minimum absolute atomic E-state index is 0.771. The van der Waals surface area contributed by atoms with Crippen LogP contribution in [0.5, 0.6) is 0 Å². The number of nitrogens with zero attached hydrogens (tertiary/aromatic N) is 2. The Morgan fingerprint density at radius 2 is 1.80 bits per heavy atom. The number of nitriles is 1. The normalized spacial score (nSPS) is 11.1. The number of benzene rings is 2. The van der Waals surface area contributed by atoms with Gasteiger partial charge >= 0.3 is 0 Å². The van der Waals surface area contributed by atoms with E-state index in [-0.39, 0.29) is 0 Å². The number of rotatable bonds is 3. The van der Waals surface area contributed by atoms with E-state index in [1.54, 1.807) is 11.8 Å². The van der Waals surface area contributed by atoms with Crippen molar-refractivity contribution < 1.29 is 0 Å². The van der Waals surface area contributed by atoms with Crippen LogP contribution in [-0.4, -0.2) is 10.6 Å². The predicted molar refractivity (Wildman–Crippen MR) is 88.1 cm³/mol. The van der Waals surface area contributed by atoms with Crippen molar-refractivity contribution in [3.63, 3.8) is 0 Å². The summed E-state index contributed by atoms with van der Waals surface area (Å²) in [7, 11) is 0. The minimum Gasteiger partial charge on any atom is -0.170 e. The Bertz CT molecular complexity index is 630. The van der Waals surface area contributed by atoms with Gasteiger partial charge in [-0.3, -0.25) is 0 Å². The molecule has 2 aromatic carbocycles. The van der Waals surface area contributed by atoms with Gasteiger partial charge in [-0.05, 0) is 29.9 Å². The summed E-state index contributed by atoms with van der Waals surface area (Å²) in [6.45, 7) is 0. The van der Waals surface area contributed by atoms with E-state index in [0.717, 1.165) is 15.7 Å². The first-order chi connectivity index (χ1) is 9.83. The minimum atomic E-state index is 0.771. The highest BCUT2D eigenvalue weighted by molar-refractivity contribution is 8.38. The third-order valence-electron chi connectivity index (χ3n) is 2.72. The molecule has 100 valence electrons. The van der Waals surface area contributed by atoms with Gasteiger partial charge in [-0.15, -0.1) is 11.8 Å². The lowest BCUT2D eigenvalue weighted by molar-refractivity contribution is 1.13. The SMILES string of the molecule is CSC(=NC#N)Sc1ccccc1Cc1ccccc1. The fourth-order valence-corrected chi connectivity index (χ4v) is 3.24. The third-order valence-corrected chi connectivity index (χ3v) is 4.80. The second kappa shape index (κ2) is 7.78. The molecule has 0 aliphatic carbocycles. The van der Waals surface area contributed by atoms with Gasteiger partial charge in [0, 0.05) is 4.90 Å². The van der Waals surface area contributed by atoms with E-state index in [1.807, 2.05) is 30.6 Å². The predicted octanol–water partition coefficient (Wildman–Crippen LogP) is 4.57. The Morgan fingerprint density at radius 1 is 1.10 bits per heavy atom. The molecule has 0 aliphatic heterocycles. The molecule has 0 N–H and O–H groups in total. The molecule has 2 nitrogen and oxygen atoms in total. The van der Waals surface area contributed by atoms with Crippen LogP contribution < -0.4 is 0 Å². The Balaban J connectivity index is 2.23. The van der Waals surface area contributed by atoms with Gasteiger partial charge in [0.25, 0.3) is 0 Å². The summed E-state index contributed by atoms with van der Waals surface area (Å²) in [6, 6.07) is 18.6. The molecule has 4 heteroatoms. The number of hydrogen-bond acceptors (Lipinski definition) is 4. The van der Waals surface area contributed by atoms with Gasteiger partial charge in [-0.2, -0.15) is 10.3 Å². The van der Waals surface area contributed by atoms with Crippen molar-refractivity contribution in [3.8, 4) is 6.19 Å². The van der Waals surface area contributed by atoms with Crippen molar-refractivity contribution in [2.45, 2.75) is 11.3 Å². The fraction of sp³-hybridized carbons (Fsp3) is 0.125. The molecule has 0 atom stereocenters. The zero-order chi connectivity index (χ0) is 14.2. The summed E-state index contributed by atoms with van der Waals surface area (Å²) >= 11 is 3.04. The molecule has 2 aromatic rings. The van der Waals surface area contributed by atoms with Crippen LogP contribution in [0.25, 0.3) is 0 Å². The first kappa shape index (κ1) is 14.7. The van der Waals surface area contributed by atoms with Crippen molar-refractivity contribution >= 4 is 27.9 Å². The van der Waals surface area contributed by atoms with Crippen LogP contribution in [0.1, 0.15) is 11.1 Å². The molecular weight excluding hydrogens is 284 g/mol. The summed E-state index contributed by atoms with van der Waals surface area (Å²) in [6.07, 6.45) is 4.68. The summed E-state index contributed by atoms with van der Waals surface area (Å²) in [5, 5.41) is 8.69. The molecule has 0 fully saturated rings. The molecule has 0 aromatic heterocycles. The van der Waals surface area contributed by atoms with Crippen LogP contribution >= 0.6 is 23.5 Å². The van der Waals surface area contributed by atoms with E-state index in [1.165, 1.54) is 22.9 Å². The standard InChI is InChI=1S/C16H14N2S2/c1-19-16(18-12-17)20-15-10-6-5-9-14(15)11-13-7-3-2-4-8-13/h2-10H,11H2,1H3. The largest absolute Gasteiger partial charge is 0.207 e. The van der Waals surface area contributed by atoms with Gasteiger partial charge < -0.3 is 0 Å². The molecule has 2 rings (SSSR count). The molecule has 0 bridgehead atoms. The summed E-state index contributed by atoms with van der Waals surface area (Å²) in [5.41, 5.74) is 2.53. The lowest BCUT2D eigenvalue weighted by atomic mass is 10.1. The van der Waals surface area contributed by atoms with Crippen LogP contribution in [0, 0.1) is 11.5 Å². The molecule has 0 aliphatic rings. The molecule has 0 saturated carbocycles. The first-order valence-corrected chi connectivity index (χ1v) is 8.18. The zero-order valence-corrected chi connectivity index (χ0v) is 12.7. The Hall–Kier alpha value is -1.70. The van der Waals surface area contributed by atoms with Gasteiger partial charge in [-0.25, -0.2) is 0 Å². The number of aliphatic imine (C=N–C) groups is 1. The second-order valence-corrected chi connectivity index (χ2v) is 6.14. The molecule has 0 amide bonds. The van der Waals surface area contributed by atoms with E-state index in [2.05, 4.69) is 41.4 Å². The zero-order valence-electron chi connectivity index (χ0n) is 11.1. The van der Waals surface area contributed by atoms with Gasteiger partial charge in [0.05, 0.1) is 0 Å². The maximum atomic E-state index is 8.69. The van der Waals surface area contributed by atoms with Gasteiger partial charge in [0.1, 0.15) is 4.38 Å². The Morgan fingerprint density at radius 3 is 2.50 bits per heavy atom. The molecule has 0 spiro atoms. The lowest BCUT2D eigenvalue weighted by Gasteiger charge is -2.09. The summed E-state index contributed by atoms with van der Waals surface area (Å²) < 4.78 is 0.771. The van der Waals surface area contributed by atoms with Crippen LogP contribution in [0.15, 0.2) is 64.5 Å². The van der Waals surface area contributed by atoms with Crippen molar-refractivity contribution in [1.29, 1.82) is 5.26 Å². The first-order valence-electron chi connectivity index (χ1n) is 6.14. The monoisotopic (exact) mass is 298 g/mol. The Labute approximate surface area is 127 Å². The van der Waals surface area contributed by atoms with E-state index < -0.39 is 0 Å². The smallest absolute Gasteiger partial charge is 0.170 e. The molecule has 0 heterocycles. The molecular formula is C16H14N2S2. The molecule has 0 saturated heterocycles. The van der Waals surface area contributed by atoms with E-state index in [0.29, 0.717) is 0 Å². The number of hydrogen-bond donors (Lipinski definition) is 0. The van der Waals surface area contributed by atoms with Gasteiger partial charge in [0.15, 0.2) is 0 Å². The Kier molecular flexibility index (Phi) is 5.72. The van der Waals surface area contributed by atoms with Crippen LogP contribution in [0.4, 0.5) is 0 Å². The maximum absolute atomic E-state index is 8.69. The van der Waals surface area contributed by atoms with E-state index in [9.17, 15) is 0 Å². The fourth-order valence-electron chi connectivity index (χ4n) is 1.81. The highest BCUT2D eigenvalue weighted by Crippen LogP contribution is 2.29. The lowest BCUT2D eigenvalue weighted by Crippen LogP contribution is -1.93. The average molecular weight is 298 g/mol. The van der Waals surface area contributed by atoms with Crippen molar-refractivity contribution in [3.05, 3.63) is 65.7 Å². The van der Waals surface area contributed by atoms with Crippen LogP contribution in [0.2, 0.25) is 0 Å². The maximum Gasteiger partial charge on any atom is 0.207 e. The molecule has 0 unspecified atom stereocenters. The third kappa shape index (κ3) is 4.16. The highest BCUT2D eigenvalue weighted by atomic mass is 32.2.